The van der Waals surface area contributed by atoms with Crippen LogP contribution in [0.25, 0.3) is 11.1 Å². The molecule has 0 amide bonds. The van der Waals surface area contributed by atoms with Gasteiger partial charge in [0.2, 0.25) is 0 Å². The van der Waals surface area contributed by atoms with Gasteiger partial charge in [-0.05, 0) is 23.3 Å². The molecular formula is C14H10F3NO2. The van der Waals surface area contributed by atoms with Gasteiger partial charge in [0.1, 0.15) is 0 Å². The molecule has 0 spiro atoms. The number of methoxy groups -OCH3 is 1. The van der Waals surface area contributed by atoms with Gasteiger partial charge < -0.3 is 4.74 Å². The van der Waals surface area contributed by atoms with E-state index in [2.05, 4.69) is 9.72 Å². The molecule has 0 atom stereocenters. The lowest BCUT2D eigenvalue weighted by atomic mass is 9.96. The number of benzene rings is 1. The fourth-order valence-corrected chi connectivity index (χ4v) is 1.87. The van der Waals surface area contributed by atoms with Gasteiger partial charge >= 0.3 is 12.1 Å². The number of hydrogen-bond donors (Lipinski definition) is 0. The monoisotopic (exact) mass is 281 g/mol. The Morgan fingerprint density at radius 3 is 2.50 bits per heavy atom. The molecule has 3 nitrogen and oxygen atoms in total. The van der Waals surface area contributed by atoms with E-state index in [-0.39, 0.29) is 16.7 Å². The van der Waals surface area contributed by atoms with Crippen LogP contribution in [-0.2, 0) is 10.9 Å². The summed E-state index contributed by atoms with van der Waals surface area (Å²) in [6.07, 6.45) is -1.99. The van der Waals surface area contributed by atoms with Crippen molar-refractivity contribution in [2.75, 3.05) is 7.11 Å². The van der Waals surface area contributed by atoms with Gasteiger partial charge in [-0.3, -0.25) is 4.98 Å². The third-order valence-electron chi connectivity index (χ3n) is 2.75. The number of rotatable bonds is 2. The number of esters is 1. The Kier molecular flexibility index (Phi) is 3.74. The van der Waals surface area contributed by atoms with E-state index in [1.165, 1.54) is 36.7 Å². The van der Waals surface area contributed by atoms with Gasteiger partial charge in [0, 0.05) is 12.4 Å². The first kappa shape index (κ1) is 14.0. The summed E-state index contributed by atoms with van der Waals surface area (Å²) in [5.74, 6) is -0.731. The van der Waals surface area contributed by atoms with Crippen molar-refractivity contribution in [3.05, 3.63) is 53.9 Å². The maximum Gasteiger partial charge on any atom is 0.417 e. The standard InChI is InChI=1S/C14H10F3NO2/c1-20-13(19)11-8-18-7-6-9(11)10-4-2-3-5-12(10)14(15,16)17/h2-8H,1H3. The summed E-state index contributed by atoms with van der Waals surface area (Å²) in [6, 6.07) is 6.41. The Morgan fingerprint density at radius 1 is 1.15 bits per heavy atom. The first-order valence-corrected chi connectivity index (χ1v) is 5.64. The zero-order chi connectivity index (χ0) is 14.8. The zero-order valence-electron chi connectivity index (χ0n) is 10.4. The lowest BCUT2D eigenvalue weighted by Gasteiger charge is -2.14. The number of alkyl halides is 3. The van der Waals surface area contributed by atoms with Gasteiger partial charge in [0.05, 0.1) is 18.2 Å². The molecule has 2 rings (SSSR count). The number of carbonyl (C=O) groups excluding carboxylic acids is 1. The Hall–Kier alpha value is -2.37. The van der Waals surface area contributed by atoms with Crippen LogP contribution < -0.4 is 0 Å². The molecule has 0 fully saturated rings. The van der Waals surface area contributed by atoms with Crippen molar-refractivity contribution >= 4 is 5.97 Å². The number of aromatic nitrogens is 1. The van der Waals surface area contributed by atoms with Crippen LogP contribution >= 0.6 is 0 Å². The van der Waals surface area contributed by atoms with Gasteiger partial charge in [-0.1, -0.05) is 18.2 Å². The van der Waals surface area contributed by atoms with Crippen molar-refractivity contribution in [1.82, 2.24) is 4.98 Å². The summed E-state index contributed by atoms with van der Waals surface area (Å²) in [4.78, 5) is 15.4. The topological polar surface area (TPSA) is 39.2 Å². The molecule has 0 saturated heterocycles. The zero-order valence-corrected chi connectivity index (χ0v) is 10.4. The molecule has 20 heavy (non-hydrogen) atoms. The van der Waals surface area contributed by atoms with Crippen LogP contribution in [0.2, 0.25) is 0 Å². The van der Waals surface area contributed by atoms with E-state index in [4.69, 9.17) is 0 Å². The molecule has 0 aliphatic heterocycles. The van der Waals surface area contributed by atoms with Crippen LogP contribution in [0.5, 0.6) is 0 Å². The lowest BCUT2D eigenvalue weighted by Crippen LogP contribution is -2.09. The van der Waals surface area contributed by atoms with Crippen molar-refractivity contribution in [3.8, 4) is 11.1 Å². The summed E-state index contributed by atoms with van der Waals surface area (Å²) in [5.41, 5.74) is -0.759. The third kappa shape index (κ3) is 2.64. The van der Waals surface area contributed by atoms with Gasteiger partial charge in [-0.2, -0.15) is 13.2 Å². The fraction of sp³-hybridized carbons (Fsp3) is 0.143. The second-order valence-electron chi connectivity index (χ2n) is 3.96. The molecule has 0 aliphatic carbocycles. The molecule has 0 unspecified atom stereocenters. The molecule has 0 saturated carbocycles. The average Bonchev–Trinajstić information content (AvgIpc) is 2.45. The number of nitrogens with zero attached hydrogens (tertiary/aromatic N) is 1. The van der Waals surface area contributed by atoms with E-state index in [0.29, 0.717) is 0 Å². The van der Waals surface area contributed by atoms with E-state index >= 15 is 0 Å². The first-order valence-electron chi connectivity index (χ1n) is 5.64. The summed E-state index contributed by atoms with van der Waals surface area (Å²) in [6.45, 7) is 0. The number of ether oxygens (including phenoxy) is 1. The minimum atomic E-state index is -4.51. The van der Waals surface area contributed by atoms with Crippen molar-refractivity contribution in [1.29, 1.82) is 0 Å². The first-order chi connectivity index (χ1) is 9.45. The lowest BCUT2D eigenvalue weighted by molar-refractivity contribution is -0.137. The molecule has 1 aromatic heterocycles. The predicted octanol–water partition coefficient (Wildman–Crippen LogP) is 3.55. The predicted molar refractivity (Wildman–Crippen MR) is 66.0 cm³/mol. The summed E-state index contributed by atoms with van der Waals surface area (Å²) < 4.78 is 43.6. The molecule has 1 aromatic carbocycles. The van der Waals surface area contributed by atoms with Crippen molar-refractivity contribution in [2.24, 2.45) is 0 Å². The maximum absolute atomic E-state index is 13.0. The van der Waals surface area contributed by atoms with Crippen molar-refractivity contribution in [3.63, 3.8) is 0 Å². The summed E-state index contributed by atoms with van der Waals surface area (Å²) >= 11 is 0. The largest absolute Gasteiger partial charge is 0.465 e. The van der Waals surface area contributed by atoms with E-state index in [1.807, 2.05) is 0 Å². The van der Waals surface area contributed by atoms with Gasteiger partial charge in [0.25, 0.3) is 0 Å². The van der Waals surface area contributed by atoms with Crippen LogP contribution in [0.4, 0.5) is 13.2 Å². The SMILES string of the molecule is COC(=O)c1cnccc1-c1ccccc1C(F)(F)F. The highest BCUT2D eigenvalue weighted by Gasteiger charge is 2.34. The van der Waals surface area contributed by atoms with E-state index in [0.717, 1.165) is 13.2 Å². The fourth-order valence-electron chi connectivity index (χ4n) is 1.87. The highest BCUT2D eigenvalue weighted by Crippen LogP contribution is 2.37. The number of pyridine rings is 1. The minimum absolute atomic E-state index is 0.00769. The van der Waals surface area contributed by atoms with Gasteiger partial charge in [-0.15, -0.1) is 0 Å². The Labute approximate surface area is 113 Å². The third-order valence-corrected chi connectivity index (χ3v) is 2.75. The highest BCUT2D eigenvalue weighted by atomic mass is 19.4. The molecule has 1 heterocycles. The van der Waals surface area contributed by atoms with E-state index < -0.39 is 17.7 Å². The van der Waals surface area contributed by atoms with Crippen LogP contribution in [-0.4, -0.2) is 18.1 Å². The van der Waals surface area contributed by atoms with Gasteiger partial charge in [0.15, 0.2) is 0 Å². The minimum Gasteiger partial charge on any atom is -0.465 e. The Morgan fingerprint density at radius 2 is 1.85 bits per heavy atom. The molecule has 104 valence electrons. The second-order valence-corrected chi connectivity index (χ2v) is 3.96. The van der Waals surface area contributed by atoms with Crippen molar-refractivity contribution in [2.45, 2.75) is 6.18 Å². The Balaban J connectivity index is 2.67. The summed E-state index contributed by atoms with van der Waals surface area (Å²) in [5, 5.41) is 0. The Bertz CT molecular complexity index is 638. The van der Waals surface area contributed by atoms with Crippen LogP contribution in [0.15, 0.2) is 42.7 Å². The smallest absolute Gasteiger partial charge is 0.417 e. The molecule has 0 N–H and O–H groups in total. The number of hydrogen-bond acceptors (Lipinski definition) is 3. The van der Waals surface area contributed by atoms with E-state index in [1.54, 1.807) is 0 Å². The number of carbonyl (C=O) groups is 1. The van der Waals surface area contributed by atoms with Crippen LogP contribution in [0.1, 0.15) is 15.9 Å². The van der Waals surface area contributed by atoms with E-state index in [9.17, 15) is 18.0 Å². The maximum atomic E-state index is 13.0. The molecule has 0 radical (unpaired) electrons. The molecule has 2 aromatic rings. The highest BCUT2D eigenvalue weighted by molar-refractivity contribution is 5.97. The van der Waals surface area contributed by atoms with Crippen LogP contribution in [0.3, 0.4) is 0 Å². The van der Waals surface area contributed by atoms with Crippen LogP contribution in [0, 0.1) is 0 Å². The molecule has 0 bridgehead atoms. The van der Waals surface area contributed by atoms with Crippen molar-refractivity contribution < 1.29 is 22.7 Å². The number of halogens is 3. The molecule has 6 heteroatoms. The second kappa shape index (κ2) is 5.32. The molecule has 0 aliphatic rings. The quantitative estimate of drug-likeness (QED) is 0.790. The average molecular weight is 281 g/mol. The van der Waals surface area contributed by atoms with Gasteiger partial charge in [-0.25, -0.2) is 4.79 Å². The summed E-state index contributed by atoms with van der Waals surface area (Å²) in [7, 11) is 1.16. The normalized spacial score (nSPS) is 11.2. The molecular weight excluding hydrogens is 271 g/mol.